The molecule has 1 aliphatic carbocycles. The minimum absolute atomic E-state index is 0.0218. The molecule has 4 aromatic rings. The molecule has 2 aliphatic rings. The second-order valence-electron chi connectivity index (χ2n) is 8.44. The zero-order chi connectivity index (χ0) is 23.8. The molecule has 0 bridgehead atoms. The average Bonchev–Trinajstić information content (AvgIpc) is 3.54. The number of ether oxygens (including phenoxy) is 1. The van der Waals surface area contributed by atoms with Gasteiger partial charge in [-0.25, -0.2) is 9.97 Å². The molecule has 1 aromatic carbocycles. The van der Waals surface area contributed by atoms with Crippen LogP contribution in [-0.4, -0.2) is 56.5 Å². The molecule has 0 unspecified atom stereocenters. The number of amides is 1. The molecule has 0 spiro atoms. The predicted molar refractivity (Wildman–Crippen MR) is 133 cm³/mol. The van der Waals surface area contributed by atoms with Gasteiger partial charge >= 0.3 is 0 Å². The number of carbonyl (C=O) groups is 1. The normalized spacial score (nSPS) is 14.6. The summed E-state index contributed by atoms with van der Waals surface area (Å²) in [5, 5.41) is 0. The Bertz CT molecular complexity index is 1540. The van der Waals surface area contributed by atoms with E-state index in [2.05, 4.69) is 32.9 Å². The maximum atomic E-state index is 12.7. The van der Waals surface area contributed by atoms with Crippen molar-refractivity contribution in [3.05, 3.63) is 83.1 Å². The summed E-state index contributed by atoms with van der Waals surface area (Å²) in [5.41, 5.74) is 12.6. The molecule has 6 rings (SSSR count). The van der Waals surface area contributed by atoms with Crippen LogP contribution in [0.15, 0.2) is 55.0 Å². The van der Waals surface area contributed by atoms with Crippen molar-refractivity contribution in [2.24, 2.45) is 0 Å². The molecule has 2 N–H and O–H groups in total. The van der Waals surface area contributed by atoms with Crippen molar-refractivity contribution in [3.8, 4) is 23.1 Å². The van der Waals surface area contributed by atoms with Gasteiger partial charge in [0.1, 0.15) is 11.5 Å². The highest BCUT2D eigenvalue weighted by Crippen LogP contribution is 2.23. The lowest BCUT2D eigenvalue weighted by molar-refractivity contribution is 0.0303. The summed E-state index contributed by atoms with van der Waals surface area (Å²) in [7, 11) is 0. The van der Waals surface area contributed by atoms with E-state index in [1.54, 1.807) is 18.5 Å². The number of benzene rings is 1. The molecule has 4 heterocycles. The molecule has 172 valence electrons. The molecule has 1 fully saturated rings. The fourth-order valence-corrected chi connectivity index (χ4v) is 4.36. The van der Waals surface area contributed by atoms with Gasteiger partial charge in [-0.2, -0.15) is 0 Å². The van der Waals surface area contributed by atoms with Crippen molar-refractivity contribution >= 4 is 23.4 Å². The molecule has 0 atom stereocenters. The number of anilines is 1. The van der Waals surface area contributed by atoms with E-state index >= 15 is 0 Å². The zero-order valence-electron chi connectivity index (χ0n) is 18.9. The van der Waals surface area contributed by atoms with Gasteiger partial charge in [-0.3, -0.25) is 14.2 Å². The quantitative estimate of drug-likeness (QED) is 0.460. The van der Waals surface area contributed by atoms with Gasteiger partial charge in [0.2, 0.25) is 0 Å². The number of hydrogen-bond acceptors (Lipinski definition) is 6. The number of allylic oxidation sites excluding steroid dienone is 1. The smallest absolute Gasteiger partial charge is 0.254 e. The number of nitrogens with zero attached hydrogens (tertiary/aromatic N) is 5. The zero-order valence-corrected chi connectivity index (χ0v) is 18.9. The number of morpholine rings is 1. The van der Waals surface area contributed by atoms with E-state index < -0.39 is 0 Å². The van der Waals surface area contributed by atoms with Gasteiger partial charge in [-0.1, -0.05) is 30.2 Å². The van der Waals surface area contributed by atoms with E-state index in [9.17, 15) is 4.79 Å². The molecule has 1 aliphatic heterocycles. The van der Waals surface area contributed by atoms with Crippen molar-refractivity contribution in [2.75, 3.05) is 32.0 Å². The Morgan fingerprint density at radius 1 is 1.06 bits per heavy atom. The van der Waals surface area contributed by atoms with Gasteiger partial charge in [0.15, 0.2) is 5.65 Å². The maximum Gasteiger partial charge on any atom is 0.254 e. The van der Waals surface area contributed by atoms with E-state index in [1.165, 1.54) is 0 Å². The Kier molecular flexibility index (Phi) is 5.24. The summed E-state index contributed by atoms with van der Waals surface area (Å²) >= 11 is 0. The lowest BCUT2D eigenvalue weighted by Crippen LogP contribution is -2.40. The molecule has 0 saturated carbocycles. The summed E-state index contributed by atoms with van der Waals surface area (Å²) < 4.78 is 7.26. The molecule has 1 saturated heterocycles. The third-order valence-corrected chi connectivity index (χ3v) is 6.20. The number of nitrogens with two attached hydrogens (primary N) is 1. The van der Waals surface area contributed by atoms with Gasteiger partial charge < -0.3 is 15.4 Å². The van der Waals surface area contributed by atoms with Crippen LogP contribution in [0.25, 0.3) is 23.0 Å². The maximum absolute atomic E-state index is 12.7. The van der Waals surface area contributed by atoms with Crippen molar-refractivity contribution < 1.29 is 9.53 Å². The van der Waals surface area contributed by atoms with Gasteiger partial charge in [-0.05, 0) is 24.1 Å². The fourth-order valence-electron chi connectivity index (χ4n) is 4.36. The summed E-state index contributed by atoms with van der Waals surface area (Å²) in [6.07, 6.45) is 10.2. The SMILES string of the molecule is Nc1cc(C#Cc2cnc3cnc(-c4ccc(C(=O)N5CCOCC5)cc4)cn23)c2c(n1)CC=C2. The summed E-state index contributed by atoms with van der Waals surface area (Å²) in [4.78, 5) is 27.9. The van der Waals surface area contributed by atoms with Crippen molar-refractivity contribution in [3.63, 3.8) is 0 Å². The topological polar surface area (TPSA) is 98.6 Å². The second kappa shape index (κ2) is 8.70. The Morgan fingerprint density at radius 2 is 1.89 bits per heavy atom. The fraction of sp³-hybridized carbons (Fsp3) is 0.185. The van der Waals surface area contributed by atoms with E-state index in [-0.39, 0.29) is 5.91 Å². The molecule has 1 amide bonds. The van der Waals surface area contributed by atoms with Crippen LogP contribution in [0.1, 0.15) is 32.9 Å². The number of carbonyl (C=O) groups excluding carboxylic acids is 1. The first-order chi connectivity index (χ1) is 17.2. The van der Waals surface area contributed by atoms with Crippen LogP contribution in [0, 0.1) is 11.8 Å². The summed E-state index contributed by atoms with van der Waals surface area (Å²) in [6, 6.07) is 9.32. The number of pyridine rings is 1. The summed E-state index contributed by atoms with van der Waals surface area (Å²) in [5.74, 6) is 6.95. The van der Waals surface area contributed by atoms with Crippen LogP contribution in [0.3, 0.4) is 0 Å². The number of nitrogen functional groups attached to an aromatic ring is 1. The van der Waals surface area contributed by atoms with Gasteiger partial charge in [0, 0.05) is 48.0 Å². The molecule has 8 nitrogen and oxygen atoms in total. The van der Waals surface area contributed by atoms with Crippen LogP contribution in [0.4, 0.5) is 5.82 Å². The van der Waals surface area contributed by atoms with Gasteiger partial charge in [-0.15, -0.1) is 0 Å². The van der Waals surface area contributed by atoms with Gasteiger partial charge in [0.05, 0.1) is 37.0 Å². The standard InChI is InChI=1S/C27H22N6O2/c28-25-14-20(22-2-1-3-23(22)31-25)8-9-21-15-30-26-16-29-24(17-33(21)26)18-4-6-19(7-5-18)27(34)32-10-12-35-13-11-32/h1-2,4-7,14-17H,3,10-13H2,(H2,28,31). The molecule has 35 heavy (non-hydrogen) atoms. The van der Waals surface area contributed by atoms with Gasteiger partial charge in [0.25, 0.3) is 5.91 Å². The highest BCUT2D eigenvalue weighted by molar-refractivity contribution is 5.94. The Labute approximate surface area is 202 Å². The van der Waals surface area contributed by atoms with Crippen LogP contribution in [0.5, 0.6) is 0 Å². The number of fused-ring (bicyclic) bond motifs is 2. The Hall–Kier alpha value is -4.48. The average molecular weight is 463 g/mol. The number of imidazole rings is 1. The van der Waals surface area contributed by atoms with Crippen molar-refractivity contribution in [1.29, 1.82) is 0 Å². The number of aromatic nitrogens is 4. The van der Waals surface area contributed by atoms with E-state index in [1.807, 2.05) is 45.8 Å². The number of hydrogen-bond donors (Lipinski definition) is 1. The second-order valence-corrected chi connectivity index (χ2v) is 8.44. The van der Waals surface area contributed by atoms with E-state index in [4.69, 9.17) is 10.5 Å². The van der Waals surface area contributed by atoms with Crippen LogP contribution < -0.4 is 5.73 Å². The molecular formula is C27H22N6O2. The first-order valence-electron chi connectivity index (χ1n) is 11.4. The van der Waals surface area contributed by atoms with E-state index in [0.29, 0.717) is 43.3 Å². The van der Waals surface area contributed by atoms with Crippen LogP contribution in [-0.2, 0) is 11.2 Å². The van der Waals surface area contributed by atoms with Crippen molar-refractivity contribution in [1.82, 2.24) is 24.3 Å². The van der Waals surface area contributed by atoms with E-state index in [0.717, 1.165) is 40.2 Å². The predicted octanol–water partition coefficient (Wildman–Crippen LogP) is 2.82. The lowest BCUT2D eigenvalue weighted by Gasteiger charge is -2.26. The molecule has 0 radical (unpaired) electrons. The number of rotatable bonds is 2. The molecular weight excluding hydrogens is 440 g/mol. The van der Waals surface area contributed by atoms with Crippen LogP contribution in [0.2, 0.25) is 0 Å². The minimum atomic E-state index is 0.0218. The molecule has 8 heteroatoms. The van der Waals surface area contributed by atoms with Crippen molar-refractivity contribution in [2.45, 2.75) is 6.42 Å². The first kappa shape index (κ1) is 21.1. The highest BCUT2D eigenvalue weighted by Gasteiger charge is 2.18. The Morgan fingerprint density at radius 3 is 2.71 bits per heavy atom. The monoisotopic (exact) mass is 462 g/mol. The first-order valence-corrected chi connectivity index (χ1v) is 11.4. The summed E-state index contributed by atoms with van der Waals surface area (Å²) in [6.45, 7) is 2.40. The lowest BCUT2D eigenvalue weighted by atomic mass is 10.1. The third kappa shape index (κ3) is 4.03. The molecule has 3 aromatic heterocycles. The largest absolute Gasteiger partial charge is 0.384 e. The highest BCUT2D eigenvalue weighted by atomic mass is 16.5. The van der Waals surface area contributed by atoms with Crippen LogP contribution >= 0.6 is 0 Å². The Balaban J connectivity index is 1.29. The third-order valence-electron chi connectivity index (χ3n) is 6.20. The minimum Gasteiger partial charge on any atom is -0.384 e.